The third kappa shape index (κ3) is 10.5. The fourth-order valence-corrected chi connectivity index (χ4v) is 5.00. The minimum Gasteiger partial charge on any atom is -0.489 e. The molecular weight excluding hydrogens is 524 g/mol. The van der Waals surface area contributed by atoms with Gasteiger partial charge in [0.25, 0.3) is 0 Å². The number of aromatic nitrogens is 1. The summed E-state index contributed by atoms with van der Waals surface area (Å²) in [6.07, 6.45) is 12.2. The molecule has 3 atom stereocenters. The number of carbonyl (C=O) groups excluding carboxylic acids is 2. The molecule has 0 bridgehead atoms. The van der Waals surface area contributed by atoms with Gasteiger partial charge in [-0.2, -0.15) is 0 Å². The fraction of sp³-hybridized carbons (Fsp3) is 0.400. The van der Waals surface area contributed by atoms with Crippen LogP contribution in [0.1, 0.15) is 56.7 Å². The monoisotopic (exact) mass is 568 g/mol. The smallest absolute Gasteiger partial charge is 0.243 e. The van der Waals surface area contributed by atoms with E-state index in [1.165, 1.54) is 0 Å². The largest absolute Gasteiger partial charge is 0.489 e. The first-order valence-electron chi connectivity index (χ1n) is 14.9. The zero-order valence-corrected chi connectivity index (χ0v) is 25.0. The van der Waals surface area contributed by atoms with Gasteiger partial charge < -0.3 is 20.7 Å². The van der Waals surface area contributed by atoms with Crippen LogP contribution in [-0.2, 0) is 29.0 Å². The number of allylic oxidation sites excluding steroid dienone is 1. The zero-order chi connectivity index (χ0) is 29.8. The van der Waals surface area contributed by atoms with E-state index >= 15 is 0 Å². The maximum Gasteiger partial charge on any atom is 0.243 e. The lowest BCUT2D eigenvalue weighted by molar-refractivity contribution is -0.130. The summed E-state index contributed by atoms with van der Waals surface area (Å²) < 4.78 is 5.93. The zero-order valence-electron chi connectivity index (χ0n) is 25.0. The standard InChI is InChI=1S/C35H44N4O3/c1-35(2,3)39-34(41)32(23-26-14-16-30(17-15-26)42-25-29-12-8-5-9-13-29)38-33(40)31(22-27-18-20-36-21-19-27)37-24-28-10-6-4-7-11-28/h5-6,8-10,12-21,28,31-32,37H,4,7,11,22-25H2,1-3H3,(H,38,40)(H,39,41). The van der Waals surface area contributed by atoms with Crippen molar-refractivity contribution < 1.29 is 14.3 Å². The SMILES string of the molecule is CC(C)(C)NC(=O)C(Cc1ccc(OCc2ccccc2)cc1)NC(=O)C(Cc1ccncc1)NCC1C=CCCC1. The van der Waals surface area contributed by atoms with E-state index in [-0.39, 0.29) is 11.8 Å². The van der Waals surface area contributed by atoms with Crippen molar-refractivity contribution >= 4 is 11.8 Å². The highest BCUT2D eigenvalue weighted by molar-refractivity contribution is 5.90. The van der Waals surface area contributed by atoms with Crippen LogP contribution < -0.4 is 20.7 Å². The minimum atomic E-state index is -0.732. The van der Waals surface area contributed by atoms with E-state index in [4.69, 9.17) is 4.74 Å². The van der Waals surface area contributed by atoms with Crippen molar-refractivity contribution in [1.29, 1.82) is 0 Å². The molecule has 222 valence electrons. The third-order valence-corrected chi connectivity index (χ3v) is 7.23. The quantitative estimate of drug-likeness (QED) is 0.248. The van der Waals surface area contributed by atoms with Crippen molar-refractivity contribution in [2.75, 3.05) is 6.54 Å². The highest BCUT2D eigenvalue weighted by Gasteiger charge is 2.28. The molecule has 0 radical (unpaired) electrons. The Morgan fingerprint density at radius 3 is 2.24 bits per heavy atom. The van der Waals surface area contributed by atoms with Crippen molar-refractivity contribution in [3.05, 3.63) is 108 Å². The second-order valence-electron chi connectivity index (χ2n) is 12.1. The van der Waals surface area contributed by atoms with Gasteiger partial charge in [-0.1, -0.05) is 54.6 Å². The van der Waals surface area contributed by atoms with E-state index in [9.17, 15) is 9.59 Å². The first-order chi connectivity index (χ1) is 20.2. The van der Waals surface area contributed by atoms with Crippen LogP contribution in [0.15, 0.2) is 91.3 Å². The summed E-state index contributed by atoms with van der Waals surface area (Å²) in [5, 5.41) is 9.63. The summed E-state index contributed by atoms with van der Waals surface area (Å²) in [4.78, 5) is 31.3. The van der Waals surface area contributed by atoms with Gasteiger partial charge in [-0.05, 0) is 93.3 Å². The van der Waals surface area contributed by atoms with Gasteiger partial charge in [0, 0.05) is 30.9 Å². The van der Waals surface area contributed by atoms with Gasteiger partial charge in [0.1, 0.15) is 18.4 Å². The number of hydrogen-bond acceptors (Lipinski definition) is 5. The molecular formula is C35H44N4O3. The summed E-state index contributed by atoms with van der Waals surface area (Å²) in [7, 11) is 0. The van der Waals surface area contributed by atoms with Crippen LogP contribution in [0.5, 0.6) is 5.75 Å². The van der Waals surface area contributed by atoms with Gasteiger partial charge in [0.15, 0.2) is 0 Å². The van der Waals surface area contributed by atoms with Crippen molar-refractivity contribution in [3.8, 4) is 5.75 Å². The number of nitrogens with one attached hydrogen (secondary N) is 3. The molecule has 7 heteroatoms. The predicted octanol–water partition coefficient (Wildman–Crippen LogP) is 5.16. The molecule has 2 amide bonds. The molecule has 0 spiro atoms. The van der Waals surface area contributed by atoms with Crippen molar-refractivity contribution in [2.24, 2.45) is 5.92 Å². The Bertz CT molecular complexity index is 1290. The molecule has 4 rings (SSSR count). The summed E-state index contributed by atoms with van der Waals surface area (Å²) in [6, 6.07) is 20.4. The Balaban J connectivity index is 1.45. The third-order valence-electron chi connectivity index (χ3n) is 7.23. The summed E-state index contributed by atoms with van der Waals surface area (Å²) >= 11 is 0. The summed E-state index contributed by atoms with van der Waals surface area (Å²) in [6.45, 7) is 7.01. The lowest BCUT2D eigenvalue weighted by atomic mass is 9.95. The van der Waals surface area contributed by atoms with Gasteiger partial charge in [0.2, 0.25) is 11.8 Å². The number of ether oxygens (including phenoxy) is 1. The van der Waals surface area contributed by atoms with Crippen molar-refractivity contribution in [3.63, 3.8) is 0 Å². The number of pyridine rings is 1. The normalized spacial score (nSPS) is 16.3. The Kier molecular flexibility index (Phi) is 11.3. The highest BCUT2D eigenvalue weighted by Crippen LogP contribution is 2.18. The van der Waals surface area contributed by atoms with E-state index in [2.05, 4.69) is 33.1 Å². The molecule has 0 aliphatic heterocycles. The lowest BCUT2D eigenvalue weighted by Crippen LogP contribution is -2.57. The topological polar surface area (TPSA) is 92.4 Å². The Hall–Kier alpha value is -3.97. The van der Waals surface area contributed by atoms with Crippen molar-refractivity contribution in [1.82, 2.24) is 20.9 Å². The van der Waals surface area contributed by atoms with Crippen LogP contribution in [0, 0.1) is 5.92 Å². The Morgan fingerprint density at radius 2 is 1.57 bits per heavy atom. The number of nitrogens with zero attached hydrogens (tertiary/aromatic N) is 1. The van der Waals surface area contributed by atoms with E-state index in [0.717, 1.165) is 41.7 Å². The van der Waals surface area contributed by atoms with E-state index < -0.39 is 17.6 Å². The van der Waals surface area contributed by atoms with Gasteiger partial charge in [-0.25, -0.2) is 0 Å². The highest BCUT2D eigenvalue weighted by atomic mass is 16.5. The Morgan fingerprint density at radius 1 is 0.881 bits per heavy atom. The molecule has 0 saturated heterocycles. The predicted molar refractivity (Wildman–Crippen MR) is 167 cm³/mol. The first-order valence-corrected chi connectivity index (χ1v) is 14.9. The second kappa shape index (κ2) is 15.3. The molecule has 1 heterocycles. The molecule has 3 aromatic rings. The maximum absolute atomic E-state index is 13.8. The second-order valence-corrected chi connectivity index (χ2v) is 12.1. The number of rotatable bonds is 13. The van der Waals surface area contributed by atoms with Crippen LogP contribution in [0.4, 0.5) is 0 Å². The van der Waals surface area contributed by atoms with Crippen LogP contribution >= 0.6 is 0 Å². The van der Waals surface area contributed by atoms with Gasteiger partial charge in [-0.15, -0.1) is 0 Å². The number of hydrogen-bond donors (Lipinski definition) is 3. The van der Waals surface area contributed by atoms with Crippen LogP contribution in [-0.4, -0.2) is 41.0 Å². The number of carbonyl (C=O) groups is 2. The number of amides is 2. The average molecular weight is 569 g/mol. The lowest BCUT2D eigenvalue weighted by Gasteiger charge is -2.28. The molecule has 3 N–H and O–H groups in total. The number of benzene rings is 2. The van der Waals surface area contributed by atoms with Crippen LogP contribution in [0.25, 0.3) is 0 Å². The fourth-order valence-electron chi connectivity index (χ4n) is 5.00. The van der Waals surface area contributed by atoms with Gasteiger partial charge >= 0.3 is 0 Å². The molecule has 3 unspecified atom stereocenters. The van der Waals surface area contributed by atoms with Gasteiger partial charge in [0.05, 0.1) is 6.04 Å². The van der Waals surface area contributed by atoms with Gasteiger partial charge in [-0.3, -0.25) is 14.6 Å². The molecule has 2 aromatic carbocycles. The maximum atomic E-state index is 13.8. The van der Waals surface area contributed by atoms with E-state index in [0.29, 0.717) is 31.9 Å². The Labute approximate surface area is 250 Å². The molecule has 1 aliphatic carbocycles. The van der Waals surface area contributed by atoms with Crippen molar-refractivity contribution in [2.45, 2.75) is 77.1 Å². The first kappa shape index (κ1) is 31.0. The molecule has 7 nitrogen and oxygen atoms in total. The summed E-state index contributed by atoms with van der Waals surface area (Å²) in [5.74, 6) is 0.747. The van der Waals surface area contributed by atoms with Crippen LogP contribution in [0.3, 0.4) is 0 Å². The molecule has 0 fully saturated rings. The molecule has 0 saturated carbocycles. The molecule has 1 aromatic heterocycles. The average Bonchev–Trinajstić information content (AvgIpc) is 2.99. The minimum absolute atomic E-state index is 0.191. The summed E-state index contributed by atoms with van der Waals surface area (Å²) in [5.41, 5.74) is 2.61. The van der Waals surface area contributed by atoms with E-state index in [1.807, 2.05) is 87.5 Å². The molecule has 1 aliphatic rings. The van der Waals surface area contributed by atoms with Crippen LogP contribution in [0.2, 0.25) is 0 Å². The van der Waals surface area contributed by atoms with E-state index in [1.54, 1.807) is 12.4 Å². The molecule has 42 heavy (non-hydrogen) atoms.